The fraction of sp³-hybridized carbons (Fsp3) is 0.300. The second-order valence-electron chi connectivity index (χ2n) is 6.03. The largest absolute Gasteiger partial charge is 0.454 e. The number of carbonyl (C=O) groups is 4. The summed E-state index contributed by atoms with van der Waals surface area (Å²) in [6.07, 6.45) is 0.794. The molecule has 2 aromatic carbocycles. The van der Waals surface area contributed by atoms with Gasteiger partial charge in [-0.25, -0.2) is 0 Å². The Morgan fingerprint density at radius 2 is 1.61 bits per heavy atom. The number of esters is 1. The van der Waals surface area contributed by atoms with Crippen molar-refractivity contribution in [2.24, 2.45) is 0 Å². The average Bonchev–Trinajstić information content (AvgIpc) is 2.72. The van der Waals surface area contributed by atoms with E-state index in [-0.39, 0.29) is 19.0 Å². The normalized spacial score (nSPS) is 10.2. The van der Waals surface area contributed by atoms with Crippen LogP contribution in [-0.2, 0) is 19.1 Å². The number of carbonyl (C=O) groups excluding carboxylic acids is 4. The van der Waals surface area contributed by atoms with E-state index < -0.39 is 24.4 Å². The Kier molecular flexibility index (Phi) is 7.95. The number of benzene rings is 2. The molecule has 0 spiro atoms. The lowest BCUT2D eigenvalue weighted by atomic mass is 10.1. The van der Waals surface area contributed by atoms with E-state index in [1.54, 1.807) is 12.1 Å². The lowest BCUT2D eigenvalue weighted by molar-refractivity contribution is -0.147. The monoisotopic (exact) mass is 385 g/mol. The van der Waals surface area contributed by atoms with E-state index in [1.165, 1.54) is 0 Å². The van der Waals surface area contributed by atoms with Gasteiger partial charge < -0.3 is 20.7 Å². The van der Waals surface area contributed by atoms with Crippen molar-refractivity contribution in [3.8, 4) is 0 Å². The molecule has 0 fully saturated rings. The van der Waals surface area contributed by atoms with Gasteiger partial charge in [-0.15, -0.1) is 0 Å². The first-order valence-corrected chi connectivity index (χ1v) is 8.95. The summed E-state index contributed by atoms with van der Waals surface area (Å²) in [5.41, 5.74) is 0.419. The van der Waals surface area contributed by atoms with Crippen molar-refractivity contribution in [2.45, 2.75) is 13.3 Å². The molecule has 2 rings (SSSR count). The minimum Gasteiger partial charge on any atom is -0.454 e. The van der Waals surface area contributed by atoms with E-state index in [1.807, 2.05) is 37.3 Å². The summed E-state index contributed by atoms with van der Waals surface area (Å²) >= 11 is 0. The average molecular weight is 385 g/mol. The molecule has 28 heavy (non-hydrogen) atoms. The van der Waals surface area contributed by atoms with Crippen LogP contribution in [0.3, 0.4) is 0 Å². The summed E-state index contributed by atoms with van der Waals surface area (Å²) in [5, 5.41) is 9.31. The standard InChI is InChI=1S/C20H23N3O5/c1-2-9-21-17(24)11-22-18(25)13-28-19(26)12-23-20(27)16-8-7-14-5-3-4-6-15(14)10-16/h3-8,10H,2,9,11-13H2,1H3,(H,21,24)(H,22,25)(H,23,27). The maximum Gasteiger partial charge on any atom is 0.325 e. The van der Waals surface area contributed by atoms with Gasteiger partial charge in [0.1, 0.15) is 6.54 Å². The molecule has 8 heteroatoms. The molecule has 0 aliphatic rings. The van der Waals surface area contributed by atoms with Crippen molar-refractivity contribution in [1.82, 2.24) is 16.0 Å². The highest BCUT2D eigenvalue weighted by molar-refractivity contribution is 5.99. The molecule has 3 amide bonds. The molecule has 0 heterocycles. The minimum absolute atomic E-state index is 0.185. The molecular weight excluding hydrogens is 362 g/mol. The van der Waals surface area contributed by atoms with Gasteiger partial charge in [0.25, 0.3) is 11.8 Å². The number of amides is 3. The van der Waals surface area contributed by atoms with Gasteiger partial charge in [0.05, 0.1) is 6.54 Å². The molecule has 0 aliphatic heterocycles. The number of hydrogen-bond donors (Lipinski definition) is 3. The zero-order chi connectivity index (χ0) is 20.4. The Balaban J connectivity index is 1.70. The molecule has 2 aromatic rings. The van der Waals surface area contributed by atoms with Crippen LogP contribution in [0, 0.1) is 0 Å². The van der Waals surface area contributed by atoms with Gasteiger partial charge in [-0.3, -0.25) is 19.2 Å². The highest BCUT2D eigenvalue weighted by atomic mass is 16.5. The fourth-order valence-electron chi connectivity index (χ4n) is 2.34. The molecular formula is C20H23N3O5. The van der Waals surface area contributed by atoms with Crippen LogP contribution in [0.4, 0.5) is 0 Å². The van der Waals surface area contributed by atoms with Gasteiger partial charge in [0.2, 0.25) is 5.91 Å². The third-order valence-electron chi connectivity index (χ3n) is 3.79. The number of hydrogen-bond acceptors (Lipinski definition) is 5. The molecule has 0 saturated heterocycles. The highest BCUT2D eigenvalue weighted by Gasteiger charge is 2.12. The highest BCUT2D eigenvalue weighted by Crippen LogP contribution is 2.15. The van der Waals surface area contributed by atoms with Crippen molar-refractivity contribution in [1.29, 1.82) is 0 Å². The summed E-state index contributed by atoms with van der Waals surface area (Å²) in [7, 11) is 0. The fourth-order valence-corrected chi connectivity index (χ4v) is 2.34. The van der Waals surface area contributed by atoms with Gasteiger partial charge in [0, 0.05) is 12.1 Å². The van der Waals surface area contributed by atoms with Crippen molar-refractivity contribution < 1.29 is 23.9 Å². The maximum atomic E-state index is 12.2. The van der Waals surface area contributed by atoms with Gasteiger partial charge in [0.15, 0.2) is 6.61 Å². The van der Waals surface area contributed by atoms with Crippen LogP contribution in [0.25, 0.3) is 10.8 Å². The van der Waals surface area contributed by atoms with Gasteiger partial charge in [-0.05, 0) is 29.3 Å². The van der Waals surface area contributed by atoms with Crippen molar-refractivity contribution in [3.05, 3.63) is 48.0 Å². The zero-order valence-corrected chi connectivity index (χ0v) is 15.6. The van der Waals surface area contributed by atoms with Crippen molar-refractivity contribution in [2.75, 3.05) is 26.2 Å². The summed E-state index contributed by atoms with van der Waals surface area (Å²) in [6.45, 7) is 1.37. The number of fused-ring (bicyclic) bond motifs is 1. The summed E-state index contributed by atoms with van der Waals surface area (Å²) in [5.74, 6) is -2.08. The van der Waals surface area contributed by atoms with Crippen LogP contribution in [0.2, 0.25) is 0 Å². The predicted molar refractivity (Wildman–Crippen MR) is 104 cm³/mol. The van der Waals surface area contributed by atoms with E-state index >= 15 is 0 Å². The Morgan fingerprint density at radius 1 is 0.857 bits per heavy atom. The summed E-state index contributed by atoms with van der Waals surface area (Å²) < 4.78 is 4.78. The molecule has 0 radical (unpaired) electrons. The first kappa shape index (κ1) is 20.9. The first-order chi connectivity index (χ1) is 13.5. The van der Waals surface area contributed by atoms with E-state index in [0.29, 0.717) is 12.1 Å². The van der Waals surface area contributed by atoms with Crippen LogP contribution in [0.1, 0.15) is 23.7 Å². The van der Waals surface area contributed by atoms with Crippen LogP contribution in [0.15, 0.2) is 42.5 Å². The Bertz CT molecular complexity index is 866. The lowest BCUT2D eigenvalue weighted by Gasteiger charge is -2.08. The lowest BCUT2D eigenvalue weighted by Crippen LogP contribution is -2.39. The molecule has 148 valence electrons. The second-order valence-corrected chi connectivity index (χ2v) is 6.03. The molecule has 0 saturated carbocycles. The van der Waals surface area contributed by atoms with Crippen LogP contribution >= 0.6 is 0 Å². The Labute approximate surface area is 162 Å². The quantitative estimate of drug-likeness (QED) is 0.552. The van der Waals surface area contributed by atoms with Crippen molar-refractivity contribution in [3.63, 3.8) is 0 Å². The third-order valence-corrected chi connectivity index (χ3v) is 3.79. The molecule has 0 aliphatic carbocycles. The molecule has 3 N–H and O–H groups in total. The summed E-state index contributed by atoms with van der Waals surface area (Å²) in [4.78, 5) is 46.7. The van der Waals surface area contributed by atoms with E-state index in [0.717, 1.165) is 17.2 Å². The zero-order valence-electron chi connectivity index (χ0n) is 15.6. The minimum atomic E-state index is -0.750. The van der Waals surface area contributed by atoms with Gasteiger partial charge in [-0.1, -0.05) is 37.3 Å². The van der Waals surface area contributed by atoms with Crippen LogP contribution in [-0.4, -0.2) is 49.9 Å². The SMILES string of the molecule is CCCNC(=O)CNC(=O)COC(=O)CNC(=O)c1ccc2ccccc2c1. The Hall–Kier alpha value is -3.42. The smallest absolute Gasteiger partial charge is 0.325 e. The third kappa shape index (κ3) is 6.71. The molecule has 8 nitrogen and oxygen atoms in total. The second kappa shape index (κ2) is 10.7. The molecule has 0 atom stereocenters. The number of rotatable bonds is 9. The predicted octanol–water partition coefficient (Wildman–Crippen LogP) is 0.755. The molecule has 0 aromatic heterocycles. The van der Waals surface area contributed by atoms with Crippen LogP contribution in [0.5, 0.6) is 0 Å². The maximum absolute atomic E-state index is 12.2. The van der Waals surface area contributed by atoms with E-state index in [4.69, 9.17) is 4.74 Å². The molecule has 0 bridgehead atoms. The van der Waals surface area contributed by atoms with Crippen molar-refractivity contribution >= 4 is 34.5 Å². The number of ether oxygens (including phenoxy) is 1. The number of nitrogens with one attached hydrogen (secondary N) is 3. The van der Waals surface area contributed by atoms with Crippen LogP contribution < -0.4 is 16.0 Å². The van der Waals surface area contributed by atoms with E-state index in [2.05, 4.69) is 16.0 Å². The summed E-state index contributed by atoms with van der Waals surface area (Å²) in [6, 6.07) is 12.8. The Morgan fingerprint density at radius 3 is 2.36 bits per heavy atom. The van der Waals surface area contributed by atoms with Gasteiger partial charge >= 0.3 is 5.97 Å². The molecule has 0 unspecified atom stereocenters. The van der Waals surface area contributed by atoms with E-state index in [9.17, 15) is 19.2 Å². The topological polar surface area (TPSA) is 114 Å². The van der Waals surface area contributed by atoms with Gasteiger partial charge in [-0.2, -0.15) is 0 Å². The first-order valence-electron chi connectivity index (χ1n) is 8.95.